The van der Waals surface area contributed by atoms with Gasteiger partial charge in [0.05, 0.1) is 18.1 Å². The predicted octanol–water partition coefficient (Wildman–Crippen LogP) is 3.04. The molecule has 0 aliphatic carbocycles. The second kappa shape index (κ2) is 10.0. The van der Waals surface area contributed by atoms with Crippen LogP contribution in [0.3, 0.4) is 0 Å². The lowest BCUT2D eigenvalue weighted by molar-refractivity contribution is 0.0951. The Bertz CT molecular complexity index is 1290. The first-order valence-electron chi connectivity index (χ1n) is 10.8. The highest BCUT2D eigenvalue weighted by molar-refractivity contribution is 7.92. The van der Waals surface area contributed by atoms with Crippen LogP contribution in [0.5, 0.6) is 11.5 Å². The summed E-state index contributed by atoms with van der Waals surface area (Å²) in [6, 6.07) is 14.5. The Hall–Kier alpha value is -3.79. The van der Waals surface area contributed by atoms with E-state index in [1.807, 2.05) is 31.1 Å². The number of sulfonamides is 1. The van der Waals surface area contributed by atoms with Crippen LogP contribution in [-0.2, 0) is 16.6 Å². The Morgan fingerprint density at radius 1 is 1.03 bits per heavy atom. The lowest BCUT2D eigenvalue weighted by atomic mass is 10.2. The molecule has 34 heavy (non-hydrogen) atoms. The van der Waals surface area contributed by atoms with Crippen LogP contribution in [0.15, 0.2) is 65.7 Å². The van der Waals surface area contributed by atoms with Crippen LogP contribution in [-0.4, -0.2) is 46.6 Å². The third-order valence-corrected chi connectivity index (χ3v) is 6.52. The lowest BCUT2D eigenvalue weighted by Gasteiger charge is -2.16. The number of fused-ring (bicyclic) bond motifs is 1. The van der Waals surface area contributed by atoms with Gasteiger partial charge in [-0.1, -0.05) is 12.1 Å². The molecule has 9 nitrogen and oxygen atoms in total. The van der Waals surface area contributed by atoms with Gasteiger partial charge in [-0.3, -0.25) is 9.52 Å². The van der Waals surface area contributed by atoms with Crippen molar-refractivity contribution in [2.75, 3.05) is 36.9 Å². The second-order valence-corrected chi connectivity index (χ2v) is 9.59. The molecular formula is C24H26N4O5S. The van der Waals surface area contributed by atoms with Gasteiger partial charge in [0.15, 0.2) is 11.5 Å². The smallest absolute Gasteiger partial charge is 0.262 e. The summed E-state index contributed by atoms with van der Waals surface area (Å²) in [6.45, 7) is 1.26. The van der Waals surface area contributed by atoms with E-state index >= 15 is 0 Å². The van der Waals surface area contributed by atoms with Crippen molar-refractivity contribution in [3.8, 4) is 11.5 Å². The average molecular weight is 483 g/mol. The SMILES string of the molecule is CN(C)c1ncccc1CNC(=O)c1cccc(NS(=O)(=O)c2ccc3c(c2)OCCCO3)c1. The zero-order valence-corrected chi connectivity index (χ0v) is 19.8. The maximum Gasteiger partial charge on any atom is 0.262 e. The molecule has 1 aromatic heterocycles. The van der Waals surface area contributed by atoms with E-state index in [1.165, 1.54) is 18.2 Å². The number of nitrogens with one attached hydrogen (secondary N) is 2. The van der Waals surface area contributed by atoms with Gasteiger partial charge in [-0.25, -0.2) is 13.4 Å². The number of carbonyl (C=O) groups excluding carboxylic acids is 1. The third kappa shape index (κ3) is 5.40. The summed E-state index contributed by atoms with van der Waals surface area (Å²) in [5.41, 5.74) is 1.47. The molecule has 2 aromatic carbocycles. The first kappa shape index (κ1) is 23.4. The van der Waals surface area contributed by atoms with Crippen LogP contribution in [0.25, 0.3) is 0 Å². The Balaban J connectivity index is 1.47. The van der Waals surface area contributed by atoms with Crippen molar-refractivity contribution in [1.29, 1.82) is 0 Å². The van der Waals surface area contributed by atoms with E-state index in [-0.39, 0.29) is 23.0 Å². The van der Waals surface area contributed by atoms with Crippen molar-refractivity contribution in [3.63, 3.8) is 0 Å². The summed E-state index contributed by atoms with van der Waals surface area (Å²) in [5, 5.41) is 2.86. The molecule has 0 saturated carbocycles. The zero-order valence-electron chi connectivity index (χ0n) is 18.9. The average Bonchev–Trinajstić information content (AvgIpc) is 3.07. The minimum absolute atomic E-state index is 0.0411. The number of ether oxygens (including phenoxy) is 2. The molecule has 2 N–H and O–H groups in total. The Kier molecular flexibility index (Phi) is 6.87. The second-order valence-electron chi connectivity index (χ2n) is 7.91. The number of carbonyl (C=O) groups is 1. The van der Waals surface area contributed by atoms with E-state index in [2.05, 4.69) is 15.0 Å². The van der Waals surface area contributed by atoms with Crippen LogP contribution in [0.4, 0.5) is 11.5 Å². The molecule has 0 saturated heterocycles. The predicted molar refractivity (Wildman–Crippen MR) is 129 cm³/mol. The number of nitrogens with zero attached hydrogens (tertiary/aromatic N) is 2. The maximum absolute atomic E-state index is 12.9. The number of hydrogen-bond donors (Lipinski definition) is 2. The molecule has 3 aromatic rings. The molecule has 0 unspecified atom stereocenters. The summed E-state index contributed by atoms with van der Waals surface area (Å²) in [4.78, 5) is 19.0. The summed E-state index contributed by atoms with van der Waals surface area (Å²) in [5.74, 6) is 1.34. The summed E-state index contributed by atoms with van der Waals surface area (Å²) in [7, 11) is -0.140. The highest BCUT2D eigenvalue weighted by atomic mass is 32.2. The topological polar surface area (TPSA) is 110 Å². The lowest BCUT2D eigenvalue weighted by Crippen LogP contribution is -2.24. The number of benzene rings is 2. The highest BCUT2D eigenvalue weighted by Crippen LogP contribution is 2.32. The van der Waals surface area contributed by atoms with E-state index in [9.17, 15) is 13.2 Å². The maximum atomic E-state index is 12.9. The van der Waals surface area contributed by atoms with E-state index in [0.717, 1.165) is 17.8 Å². The largest absolute Gasteiger partial charge is 0.490 e. The van der Waals surface area contributed by atoms with Crippen molar-refractivity contribution in [2.45, 2.75) is 17.9 Å². The minimum atomic E-state index is -3.90. The molecule has 178 valence electrons. The molecule has 2 heterocycles. The Morgan fingerprint density at radius 2 is 1.82 bits per heavy atom. The Labute approximate surface area is 198 Å². The van der Waals surface area contributed by atoms with E-state index < -0.39 is 10.0 Å². The van der Waals surface area contributed by atoms with Gasteiger partial charge in [-0.05, 0) is 36.4 Å². The minimum Gasteiger partial charge on any atom is -0.490 e. The zero-order chi connectivity index (χ0) is 24.1. The van der Waals surface area contributed by atoms with E-state index in [1.54, 1.807) is 30.5 Å². The standard InChI is InChI=1S/C24H26N4O5S/c1-28(2)23-18(7-4-11-25-23)16-26-24(29)17-6-3-8-19(14-17)27-34(30,31)20-9-10-21-22(15-20)33-13-5-12-32-21/h3-4,6-11,14-15,27H,5,12-13,16H2,1-2H3,(H,26,29). The molecule has 10 heteroatoms. The van der Waals surface area contributed by atoms with Gasteiger partial charge in [0.1, 0.15) is 5.82 Å². The number of rotatable bonds is 7. The number of pyridine rings is 1. The van der Waals surface area contributed by atoms with Crippen molar-refractivity contribution in [1.82, 2.24) is 10.3 Å². The molecule has 0 bridgehead atoms. The fourth-order valence-corrected chi connectivity index (χ4v) is 4.56. The number of hydrogen-bond acceptors (Lipinski definition) is 7. The number of amides is 1. The molecule has 0 spiro atoms. The molecule has 1 aliphatic heterocycles. The van der Waals surface area contributed by atoms with Crippen molar-refractivity contribution in [2.24, 2.45) is 0 Å². The van der Waals surface area contributed by atoms with Gasteiger partial charge < -0.3 is 19.7 Å². The van der Waals surface area contributed by atoms with Gasteiger partial charge >= 0.3 is 0 Å². The number of aromatic nitrogens is 1. The van der Waals surface area contributed by atoms with E-state index in [4.69, 9.17) is 9.47 Å². The summed E-state index contributed by atoms with van der Waals surface area (Å²) in [6.07, 6.45) is 2.42. The number of anilines is 2. The van der Waals surface area contributed by atoms with Gasteiger partial charge in [-0.2, -0.15) is 0 Å². The molecule has 1 aliphatic rings. The highest BCUT2D eigenvalue weighted by Gasteiger charge is 2.19. The molecule has 0 atom stereocenters. The van der Waals surface area contributed by atoms with Crippen molar-refractivity contribution < 1.29 is 22.7 Å². The molecule has 4 rings (SSSR count). The molecule has 1 amide bonds. The first-order chi connectivity index (χ1) is 16.3. The van der Waals surface area contributed by atoms with Crippen molar-refractivity contribution in [3.05, 3.63) is 71.9 Å². The van der Waals surface area contributed by atoms with Crippen LogP contribution >= 0.6 is 0 Å². The monoisotopic (exact) mass is 482 g/mol. The molecule has 0 radical (unpaired) electrons. The normalized spacial score (nSPS) is 13.0. The van der Waals surface area contributed by atoms with Gasteiger partial charge in [-0.15, -0.1) is 0 Å². The van der Waals surface area contributed by atoms with Crippen LogP contribution in [0.1, 0.15) is 22.3 Å². The van der Waals surface area contributed by atoms with Crippen LogP contribution in [0, 0.1) is 0 Å². The fourth-order valence-electron chi connectivity index (χ4n) is 3.50. The Morgan fingerprint density at radius 3 is 2.62 bits per heavy atom. The van der Waals surface area contributed by atoms with Gasteiger partial charge in [0, 0.05) is 56.1 Å². The third-order valence-electron chi connectivity index (χ3n) is 5.14. The van der Waals surface area contributed by atoms with Crippen LogP contribution < -0.4 is 24.4 Å². The summed E-state index contributed by atoms with van der Waals surface area (Å²) < 4.78 is 39.6. The van der Waals surface area contributed by atoms with Gasteiger partial charge in [0.25, 0.3) is 15.9 Å². The quantitative estimate of drug-likeness (QED) is 0.533. The van der Waals surface area contributed by atoms with Crippen LogP contribution in [0.2, 0.25) is 0 Å². The van der Waals surface area contributed by atoms with Crippen molar-refractivity contribution >= 4 is 27.4 Å². The molecular weight excluding hydrogens is 456 g/mol. The van der Waals surface area contributed by atoms with Gasteiger partial charge in [0.2, 0.25) is 0 Å². The fraction of sp³-hybridized carbons (Fsp3) is 0.250. The molecule has 0 fully saturated rings. The first-order valence-corrected chi connectivity index (χ1v) is 12.2. The van der Waals surface area contributed by atoms with E-state index in [0.29, 0.717) is 30.3 Å². The summed E-state index contributed by atoms with van der Waals surface area (Å²) >= 11 is 0.